The van der Waals surface area contributed by atoms with Crippen LogP contribution in [0.2, 0.25) is 5.02 Å². The Hall–Kier alpha value is -1.87. The lowest BCUT2D eigenvalue weighted by atomic mass is 9.94. The summed E-state index contributed by atoms with van der Waals surface area (Å²) in [5.41, 5.74) is -0.380. The molecule has 7 heteroatoms. The van der Waals surface area contributed by atoms with Gasteiger partial charge in [-0.05, 0) is 31.2 Å². The van der Waals surface area contributed by atoms with Crippen molar-refractivity contribution in [2.24, 2.45) is 17.3 Å². The number of alkyl halides is 3. The van der Waals surface area contributed by atoms with Gasteiger partial charge in [0.2, 0.25) is 0 Å². The molecule has 134 valence electrons. The van der Waals surface area contributed by atoms with Crippen LogP contribution < -0.4 is 0 Å². The van der Waals surface area contributed by atoms with Crippen LogP contribution in [-0.4, -0.2) is 10.8 Å². The van der Waals surface area contributed by atoms with E-state index in [2.05, 4.69) is 4.98 Å². The number of aromatic nitrogens is 1. The van der Waals surface area contributed by atoms with Gasteiger partial charge in [0, 0.05) is 12.1 Å². The summed E-state index contributed by atoms with van der Waals surface area (Å²) in [5.74, 6) is -2.03. The van der Waals surface area contributed by atoms with Crippen molar-refractivity contribution in [3.63, 3.8) is 0 Å². The Morgan fingerprint density at radius 3 is 2.48 bits per heavy atom. The van der Waals surface area contributed by atoms with E-state index in [4.69, 9.17) is 11.6 Å². The lowest BCUT2D eigenvalue weighted by Crippen LogP contribution is -2.18. The standard InChI is InChI=1S/C18H18ClF3N2O/c1-9(2)5-12-14(17(12,3)4)16(25)11(7-23)15-13(19)6-10(8-24-15)18(20,21)22/h5-6,8,11-12,14H,1-4H3. The molecule has 1 aromatic heterocycles. The number of carbonyl (C=O) groups is 1. The lowest BCUT2D eigenvalue weighted by molar-refractivity contribution is -0.137. The summed E-state index contributed by atoms with van der Waals surface area (Å²) in [5, 5.41) is 9.08. The molecule has 1 saturated carbocycles. The number of rotatable bonds is 4. The Kier molecular flexibility index (Phi) is 5.02. The Labute approximate surface area is 149 Å². The van der Waals surface area contributed by atoms with Crippen molar-refractivity contribution >= 4 is 17.4 Å². The Balaban J connectivity index is 2.34. The molecule has 0 aromatic carbocycles. The van der Waals surface area contributed by atoms with Gasteiger partial charge in [-0.25, -0.2) is 0 Å². The molecule has 3 atom stereocenters. The van der Waals surface area contributed by atoms with E-state index in [0.29, 0.717) is 12.3 Å². The van der Waals surface area contributed by atoms with Gasteiger partial charge in [0.15, 0.2) is 5.78 Å². The van der Waals surface area contributed by atoms with Gasteiger partial charge in [-0.3, -0.25) is 9.78 Å². The highest BCUT2D eigenvalue weighted by atomic mass is 35.5. The Bertz CT molecular complexity index is 774. The SMILES string of the molecule is CC(C)=CC1C(C(=O)C(C#N)c2ncc(C(F)(F)F)cc2Cl)C1(C)C. The molecule has 1 aromatic rings. The van der Waals surface area contributed by atoms with E-state index >= 15 is 0 Å². The molecule has 1 aliphatic carbocycles. The summed E-state index contributed by atoms with van der Waals surface area (Å²) in [7, 11) is 0. The lowest BCUT2D eigenvalue weighted by Gasteiger charge is -2.13. The van der Waals surface area contributed by atoms with Crippen LogP contribution in [0.25, 0.3) is 0 Å². The number of Topliss-reactive ketones (excluding diaryl/α,β-unsaturated/α-hetero) is 1. The van der Waals surface area contributed by atoms with Crippen molar-refractivity contribution in [3.05, 3.63) is 40.2 Å². The number of hydrogen-bond donors (Lipinski definition) is 0. The van der Waals surface area contributed by atoms with Crippen molar-refractivity contribution < 1.29 is 18.0 Å². The number of hydrogen-bond acceptors (Lipinski definition) is 3. The van der Waals surface area contributed by atoms with E-state index < -0.39 is 17.7 Å². The summed E-state index contributed by atoms with van der Waals surface area (Å²) >= 11 is 5.89. The Morgan fingerprint density at radius 2 is 2.04 bits per heavy atom. The molecule has 0 bridgehead atoms. The topological polar surface area (TPSA) is 53.8 Å². The zero-order valence-corrected chi connectivity index (χ0v) is 15.0. The molecule has 3 unspecified atom stereocenters. The predicted molar refractivity (Wildman–Crippen MR) is 87.8 cm³/mol. The number of nitrogens with zero attached hydrogens (tertiary/aromatic N) is 2. The molecule has 1 heterocycles. The van der Waals surface area contributed by atoms with Gasteiger partial charge in [0.25, 0.3) is 0 Å². The molecule has 0 amide bonds. The normalized spacial score (nSPS) is 22.7. The summed E-state index contributed by atoms with van der Waals surface area (Å²) in [6.45, 7) is 7.70. The third-order valence-electron chi connectivity index (χ3n) is 4.61. The fraction of sp³-hybridized carbons (Fsp3) is 0.500. The van der Waals surface area contributed by atoms with E-state index in [9.17, 15) is 23.2 Å². The highest BCUT2D eigenvalue weighted by molar-refractivity contribution is 6.31. The summed E-state index contributed by atoms with van der Waals surface area (Å²) < 4.78 is 38.2. The van der Waals surface area contributed by atoms with Crippen molar-refractivity contribution in [1.29, 1.82) is 5.26 Å². The van der Waals surface area contributed by atoms with Crippen molar-refractivity contribution in [2.45, 2.75) is 39.8 Å². The predicted octanol–water partition coefficient (Wildman–Crippen LogP) is 5.17. The maximum Gasteiger partial charge on any atom is 0.417 e. The zero-order chi connectivity index (χ0) is 19.2. The van der Waals surface area contributed by atoms with Crippen molar-refractivity contribution in [2.75, 3.05) is 0 Å². The van der Waals surface area contributed by atoms with Crippen LogP contribution in [0.3, 0.4) is 0 Å². The molecule has 1 fully saturated rings. The second-order valence-corrected chi connectivity index (χ2v) is 7.53. The maximum atomic E-state index is 12.8. The second-order valence-electron chi connectivity index (χ2n) is 7.12. The van der Waals surface area contributed by atoms with E-state index in [-0.39, 0.29) is 33.8 Å². The van der Waals surface area contributed by atoms with Gasteiger partial charge in [-0.2, -0.15) is 18.4 Å². The molecule has 2 rings (SSSR count). The minimum Gasteiger partial charge on any atom is -0.297 e. The third-order valence-corrected chi connectivity index (χ3v) is 4.92. The Morgan fingerprint density at radius 1 is 1.44 bits per heavy atom. The molecule has 0 N–H and O–H groups in total. The minimum absolute atomic E-state index is 0.00549. The average molecular weight is 371 g/mol. The van der Waals surface area contributed by atoms with Crippen LogP contribution in [0.15, 0.2) is 23.9 Å². The molecular weight excluding hydrogens is 353 g/mol. The average Bonchev–Trinajstić information content (AvgIpc) is 3.00. The number of halogens is 4. The number of allylic oxidation sites excluding steroid dienone is 2. The molecule has 1 aliphatic rings. The second kappa shape index (κ2) is 6.45. The van der Waals surface area contributed by atoms with Crippen LogP contribution in [0.4, 0.5) is 13.2 Å². The van der Waals surface area contributed by atoms with Crippen molar-refractivity contribution in [1.82, 2.24) is 4.98 Å². The molecule has 3 nitrogen and oxygen atoms in total. The molecule has 0 aliphatic heterocycles. The molecule has 25 heavy (non-hydrogen) atoms. The molecule has 0 saturated heterocycles. The summed E-state index contributed by atoms with van der Waals surface area (Å²) in [4.78, 5) is 16.5. The fourth-order valence-corrected chi connectivity index (χ4v) is 3.42. The molecule has 0 spiro atoms. The number of nitriles is 1. The first kappa shape index (κ1) is 19.5. The van der Waals surface area contributed by atoms with Gasteiger partial charge in [0.05, 0.1) is 22.3 Å². The van der Waals surface area contributed by atoms with E-state index in [1.165, 1.54) is 0 Å². The highest BCUT2D eigenvalue weighted by Gasteiger charge is 2.61. The van der Waals surface area contributed by atoms with Gasteiger partial charge in [0.1, 0.15) is 5.92 Å². The third kappa shape index (κ3) is 3.72. The molecule has 0 radical (unpaired) electrons. The molecular formula is C18H18ClF3N2O. The van der Waals surface area contributed by atoms with Gasteiger partial charge in [-0.15, -0.1) is 0 Å². The monoisotopic (exact) mass is 370 g/mol. The first-order chi connectivity index (χ1) is 11.4. The van der Waals surface area contributed by atoms with Gasteiger partial charge in [-0.1, -0.05) is 37.1 Å². The van der Waals surface area contributed by atoms with Crippen LogP contribution in [0, 0.1) is 28.6 Å². The quantitative estimate of drug-likeness (QED) is 0.687. The van der Waals surface area contributed by atoms with E-state index in [1.807, 2.05) is 39.8 Å². The van der Waals surface area contributed by atoms with Gasteiger partial charge >= 0.3 is 6.18 Å². The van der Waals surface area contributed by atoms with E-state index in [1.54, 1.807) is 0 Å². The van der Waals surface area contributed by atoms with Crippen LogP contribution in [-0.2, 0) is 11.0 Å². The fourth-order valence-electron chi connectivity index (χ4n) is 3.15. The number of carbonyl (C=O) groups excluding carboxylic acids is 1. The first-order valence-corrected chi connectivity index (χ1v) is 8.10. The highest BCUT2D eigenvalue weighted by Crippen LogP contribution is 2.61. The van der Waals surface area contributed by atoms with E-state index in [0.717, 1.165) is 5.57 Å². The minimum atomic E-state index is -4.59. The number of pyridine rings is 1. The largest absolute Gasteiger partial charge is 0.417 e. The summed E-state index contributed by atoms with van der Waals surface area (Å²) in [6, 6.07) is 2.55. The van der Waals surface area contributed by atoms with Crippen molar-refractivity contribution in [3.8, 4) is 6.07 Å². The van der Waals surface area contributed by atoms with Crippen LogP contribution in [0.1, 0.15) is 44.9 Å². The maximum absolute atomic E-state index is 12.8. The zero-order valence-electron chi connectivity index (χ0n) is 14.3. The number of ketones is 1. The van der Waals surface area contributed by atoms with Crippen LogP contribution >= 0.6 is 11.6 Å². The smallest absolute Gasteiger partial charge is 0.297 e. The summed E-state index contributed by atoms with van der Waals surface area (Å²) in [6.07, 6.45) is -2.00. The van der Waals surface area contributed by atoms with Gasteiger partial charge < -0.3 is 0 Å². The van der Waals surface area contributed by atoms with Crippen LogP contribution in [0.5, 0.6) is 0 Å². The first-order valence-electron chi connectivity index (χ1n) is 7.72.